The lowest BCUT2D eigenvalue weighted by molar-refractivity contribution is -0.150. The Balaban J connectivity index is 2.16. The van der Waals surface area contributed by atoms with Crippen LogP contribution in [0.2, 0.25) is 0 Å². The molecule has 1 heterocycles. The van der Waals surface area contributed by atoms with Crippen molar-refractivity contribution in [3.63, 3.8) is 0 Å². The number of fused-ring (bicyclic) bond motifs is 1. The maximum atomic E-state index is 12.0. The molecule has 6 heteroatoms. The first-order valence-electron chi connectivity index (χ1n) is 5.55. The van der Waals surface area contributed by atoms with Crippen molar-refractivity contribution in [1.82, 2.24) is 0 Å². The molecular weight excluding hydrogens is 252 g/mol. The minimum atomic E-state index is -1.68. The first-order chi connectivity index (χ1) is 9.00. The van der Waals surface area contributed by atoms with E-state index in [4.69, 9.17) is 9.84 Å². The van der Waals surface area contributed by atoms with Crippen LogP contribution in [-0.4, -0.2) is 35.0 Å². The predicted molar refractivity (Wildman–Crippen MR) is 62.0 cm³/mol. The Bertz CT molecular complexity index is 574. The van der Waals surface area contributed by atoms with Gasteiger partial charge >= 0.3 is 5.97 Å². The predicted octanol–water partition coefficient (Wildman–Crippen LogP) is 0.491. The summed E-state index contributed by atoms with van der Waals surface area (Å²) >= 11 is 0. The van der Waals surface area contributed by atoms with Crippen LogP contribution in [0.1, 0.15) is 16.8 Å². The molecule has 0 aromatic heterocycles. The molecule has 1 unspecified atom stereocenters. The van der Waals surface area contributed by atoms with Crippen molar-refractivity contribution >= 4 is 23.3 Å². The van der Waals surface area contributed by atoms with Crippen molar-refractivity contribution in [3.8, 4) is 5.75 Å². The van der Waals surface area contributed by atoms with Crippen LogP contribution < -0.4 is 4.74 Å². The number of hydrogen-bond donors (Lipinski definition) is 1. The fraction of sp³-hybridized carbons (Fsp3) is 0.231. The summed E-state index contributed by atoms with van der Waals surface area (Å²) in [4.78, 5) is 45.2. The molecule has 6 nitrogen and oxygen atoms in total. The van der Waals surface area contributed by atoms with Gasteiger partial charge in [0.05, 0.1) is 12.0 Å². The third-order valence-corrected chi connectivity index (χ3v) is 2.84. The second kappa shape index (κ2) is 5.01. The summed E-state index contributed by atoms with van der Waals surface area (Å²) in [6, 6.07) is 6.46. The third-order valence-electron chi connectivity index (χ3n) is 2.84. The van der Waals surface area contributed by atoms with E-state index in [2.05, 4.69) is 0 Å². The minimum Gasteiger partial charge on any atom is -0.492 e. The smallest absolute Gasteiger partial charge is 0.372 e. The summed E-state index contributed by atoms with van der Waals surface area (Å²) in [5.74, 6) is -4.80. The molecule has 1 atom stereocenters. The first-order valence-corrected chi connectivity index (χ1v) is 5.55. The Morgan fingerprint density at radius 3 is 2.63 bits per heavy atom. The third kappa shape index (κ3) is 2.52. The van der Waals surface area contributed by atoms with E-state index in [-0.39, 0.29) is 12.2 Å². The number of para-hydroxylation sites is 1. The van der Waals surface area contributed by atoms with Crippen molar-refractivity contribution in [2.45, 2.75) is 6.42 Å². The molecule has 0 saturated heterocycles. The van der Waals surface area contributed by atoms with E-state index in [1.54, 1.807) is 18.2 Å². The number of carbonyl (C=O) groups is 4. The standard InChI is InChI=1S/C13H10O6/c14-9(5-10(15)13(17)18)8-6-19-11-4-2-1-3-7(11)12(8)16/h1-4,8H,5-6H2,(H,17,18). The number of rotatable bonds is 4. The van der Waals surface area contributed by atoms with Crippen LogP contribution in [0.4, 0.5) is 0 Å². The number of Topliss-reactive ketones (excluding diaryl/α,β-unsaturated/α-hetero) is 3. The van der Waals surface area contributed by atoms with Crippen molar-refractivity contribution in [2.75, 3.05) is 6.61 Å². The SMILES string of the molecule is O=C(O)C(=O)CC(=O)C1COc2ccccc2C1=O. The molecule has 0 aliphatic carbocycles. The van der Waals surface area contributed by atoms with E-state index < -0.39 is 35.7 Å². The van der Waals surface area contributed by atoms with Gasteiger partial charge in [0.25, 0.3) is 0 Å². The zero-order valence-corrected chi connectivity index (χ0v) is 9.79. The topological polar surface area (TPSA) is 97.7 Å². The average molecular weight is 262 g/mol. The van der Waals surface area contributed by atoms with E-state index in [0.29, 0.717) is 5.75 Å². The van der Waals surface area contributed by atoms with Gasteiger partial charge in [-0.1, -0.05) is 12.1 Å². The van der Waals surface area contributed by atoms with Crippen molar-refractivity contribution in [2.24, 2.45) is 5.92 Å². The zero-order chi connectivity index (χ0) is 14.0. The van der Waals surface area contributed by atoms with Gasteiger partial charge < -0.3 is 9.84 Å². The quantitative estimate of drug-likeness (QED) is 0.626. The molecule has 1 aromatic carbocycles. The molecule has 19 heavy (non-hydrogen) atoms. The molecule has 0 spiro atoms. The lowest BCUT2D eigenvalue weighted by Gasteiger charge is -2.22. The second-order valence-electron chi connectivity index (χ2n) is 4.10. The number of benzene rings is 1. The molecule has 0 saturated carbocycles. The minimum absolute atomic E-state index is 0.165. The van der Waals surface area contributed by atoms with Gasteiger partial charge in [0, 0.05) is 0 Å². The summed E-state index contributed by atoms with van der Waals surface area (Å²) in [7, 11) is 0. The molecule has 1 aromatic rings. The summed E-state index contributed by atoms with van der Waals surface area (Å²) in [6.07, 6.45) is -0.794. The normalized spacial score (nSPS) is 17.3. The van der Waals surface area contributed by atoms with Crippen LogP contribution >= 0.6 is 0 Å². The summed E-state index contributed by atoms with van der Waals surface area (Å²) in [5.41, 5.74) is 0.273. The lowest BCUT2D eigenvalue weighted by atomic mass is 9.89. The van der Waals surface area contributed by atoms with Crippen LogP contribution in [0.25, 0.3) is 0 Å². The van der Waals surface area contributed by atoms with Gasteiger partial charge in [-0.2, -0.15) is 0 Å². The van der Waals surface area contributed by atoms with Gasteiger partial charge in [-0.15, -0.1) is 0 Å². The molecular formula is C13H10O6. The summed E-state index contributed by atoms with van der Waals surface area (Å²) < 4.78 is 5.27. The Kier molecular flexibility index (Phi) is 3.41. The highest BCUT2D eigenvalue weighted by Gasteiger charge is 2.35. The second-order valence-corrected chi connectivity index (χ2v) is 4.10. The number of carbonyl (C=O) groups excluding carboxylic acids is 3. The largest absolute Gasteiger partial charge is 0.492 e. The number of aliphatic carboxylic acids is 1. The van der Waals surface area contributed by atoms with Crippen LogP contribution in [0.5, 0.6) is 5.75 Å². The molecule has 1 aliphatic rings. The molecule has 98 valence electrons. The highest BCUT2D eigenvalue weighted by molar-refractivity contribution is 6.37. The van der Waals surface area contributed by atoms with E-state index in [1.807, 2.05) is 0 Å². The maximum absolute atomic E-state index is 12.0. The van der Waals surface area contributed by atoms with Gasteiger partial charge in [0.1, 0.15) is 18.3 Å². The molecule has 1 N–H and O–H groups in total. The molecule has 0 radical (unpaired) electrons. The fourth-order valence-corrected chi connectivity index (χ4v) is 1.83. The number of ketones is 3. The Morgan fingerprint density at radius 2 is 1.95 bits per heavy atom. The van der Waals surface area contributed by atoms with E-state index in [1.165, 1.54) is 6.07 Å². The van der Waals surface area contributed by atoms with Crippen LogP contribution in [0.15, 0.2) is 24.3 Å². The molecule has 0 fully saturated rings. The van der Waals surface area contributed by atoms with Gasteiger partial charge in [0.15, 0.2) is 11.6 Å². The fourth-order valence-electron chi connectivity index (χ4n) is 1.83. The van der Waals surface area contributed by atoms with E-state index in [0.717, 1.165) is 0 Å². The monoisotopic (exact) mass is 262 g/mol. The number of carboxylic acid groups (broad SMARTS) is 1. The van der Waals surface area contributed by atoms with E-state index >= 15 is 0 Å². The van der Waals surface area contributed by atoms with Crippen molar-refractivity contribution < 1.29 is 29.0 Å². The summed E-state index contributed by atoms with van der Waals surface area (Å²) in [6.45, 7) is -0.165. The Labute approximate surface area is 108 Å². The van der Waals surface area contributed by atoms with Gasteiger partial charge in [-0.25, -0.2) is 4.79 Å². The van der Waals surface area contributed by atoms with Crippen molar-refractivity contribution in [3.05, 3.63) is 29.8 Å². The highest BCUT2D eigenvalue weighted by atomic mass is 16.5. The van der Waals surface area contributed by atoms with Crippen molar-refractivity contribution in [1.29, 1.82) is 0 Å². The van der Waals surface area contributed by atoms with E-state index in [9.17, 15) is 19.2 Å². The molecule has 0 bridgehead atoms. The van der Waals surface area contributed by atoms with Gasteiger partial charge in [-0.05, 0) is 12.1 Å². The Hall–Kier alpha value is -2.50. The molecule has 2 rings (SSSR count). The zero-order valence-electron chi connectivity index (χ0n) is 9.79. The number of hydrogen-bond acceptors (Lipinski definition) is 5. The summed E-state index contributed by atoms with van der Waals surface area (Å²) in [5, 5.41) is 8.43. The molecule has 1 aliphatic heterocycles. The Morgan fingerprint density at radius 1 is 1.26 bits per heavy atom. The van der Waals surface area contributed by atoms with Crippen LogP contribution in [0.3, 0.4) is 0 Å². The average Bonchev–Trinajstić information content (AvgIpc) is 2.39. The van der Waals surface area contributed by atoms with Crippen LogP contribution in [-0.2, 0) is 14.4 Å². The van der Waals surface area contributed by atoms with Gasteiger partial charge in [0.2, 0.25) is 5.78 Å². The molecule has 0 amide bonds. The van der Waals surface area contributed by atoms with Gasteiger partial charge in [-0.3, -0.25) is 14.4 Å². The first kappa shape index (κ1) is 12.9. The lowest BCUT2D eigenvalue weighted by Crippen LogP contribution is -2.35. The highest BCUT2D eigenvalue weighted by Crippen LogP contribution is 2.27. The van der Waals surface area contributed by atoms with Crippen LogP contribution in [0, 0.1) is 5.92 Å². The number of carboxylic acids is 1. The maximum Gasteiger partial charge on any atom is 0.372 e. The number of ether oxygens (including phenoxy) is 1.